The molecule has 0 aliphatic heterocycles. The fourth-order valence-electron chi connectivity index (χ4n) is 2.83. The molecule has 0 aromatic heterocycles. The molecule has 182 valence electrons. The van der Waals surface area contributed by atoms with Gasteiger partial charge in [0.05, 0.1) is 19.0 Å². The Hall–Kier alpha value is -3.67. The van der Waals surface area contributed by atoms with Gasteiger partial charge in [0.2, 0.25) is 17.7 Å². The number of hydrogen-bond acceptors (Lipinski definition) is 7. The van der Waals surface area contributed by atoms with E-state index in [1.165, 1.54) is 24.3 Å². The van der Waals surface area contributed by atoms with E-state index in [1.807, 2.05) is 0 Å². The van der Waals surface area contributed by atoms with Gasteiger partial charge >= 0.3 is 11.9 Å². The number of phenols is 1. The Morgan fingerprint density at radius 3 is 2.12 bits per heavy atom. The summed E-state index contributed by atoms with van der Waals surface area (Å²) in [4.78, 5) is 59.1. The van der Waals surface area contributed by atoms with E-state index in [2.05, 4.69) is 16.0 Å². The maximum atomic E-state index is 12.6. The summed E-state index contributed by atoms with van der Waals surface area (Å²) in [5.74, 6) is -5.15. The van der Waals surface area contributed by atoms with Crippen molar-refractivity contribution in [3.05, 3.63) is 29.8 Å². The van der Waals surface area contributed by atoms with Crippen LogP contribution in [-0.4, -0.2) is 69.7 Å². The molecule has 4 atom stereocenters. The highest BCUT2D eigenvalue weighted by atomic mass is 16.4. The van der Waals surface area contributed by atoms with Gasteiger partial charge in [0.25, 0.3) is 0 Å². The van der Waals surface area contributed by atoms with Crippen LogP contribution in [0.4, 0.5) is 0 Å². The lowest BCUT2D eigenvalue weighted by molar-refractivity contribution is -0.141. The average molecular weight is 466 g/mol. The minimum Gasteiger partial charge on any atom is -0.508 e. The van der Waals surface area contributed by atoms with Gasteiger partial charge in [0, 0.05) is 6.42 Å². The second-order valence-electron chi connectivity index (χ2n) is 7.62. The van der Waals surface area contributed by atoms with Crippen molar-refractivity contribution in [2.75, 3.05) is 6.54 Å². The van der Waals surface area contributed by atoms with E-state index in [9.17, 15) is 34.2 Å². The first-order valence-corrected chi connectivity index (χ1v) is 10.3. The van der Waals surface area contributed by atoms with Crippen LogP contribution in [0, 0.1) is 5.92 Å². The topological polar surface area (TPSA) is 208 Å². The van der Waals surface area contributed by atoms with Crippen molar-refractivity contribution in [1.82, 2.24) is 16.0 Å². The number of aromatic hydroxyl groups is 1. The smallest absolute Gasteiger partial charge is 0.326 e. The molecule has 12 heteroatoms. The van der Waals surface area contributed by atoms with Crippen LogP contribution in [0.15, 0.2) is 24.3 Å². The van der Waals surface area contributed by atoms with E-state index in [1.54, 1.807) is 13.8 Å². The van der Waals surface area contributed by atoms with Crippen LogP contribution in [0.1, 0.15) is 32.3 Å². The molecule has 0 fully saturated rings. The second kappa shape index (κ2) is 13.0. The van der Waals surface area contributed by atoms with E-state index < -0.39 is 60.8 Å². The van der Waals surface area contributed by atoms with E-state index in [0.717, 1.165) is 0 Å². The summed E-state index contributed by atoms with van der Waals surface area (Å²) >= 11 is 0. The first-order valence-electron chi connectivity index (χ1n) is 10.3. The van der Waals surface area contributed by atoms with Gasteiger partial charge in [0.15, 0.2) is 0 Å². The number of carboxylic acid groups (broad SMARTS) is 2. The molecule has 0 aliphatic carbocycles. The Bertz CT molecular complexity index is 858. The van der Waals surface area contributed by atoms with Gasteiger partial charge in [-0.05, 0) is 23.6 Å². The average Bonchev–Trinajstić information content (AvgIpc) is 2.75. The minimum absolute atomic E-state index is 0.0178. The van der Waals surface area contributed by atoms with Crippen molar-refractivity contribution in [3.8, 4) is 5.75 Å². The molecular formula is C21H30N4O8. The SMILES string of the molecule is CCC(C)C(NC(=O)C(N)CC(=O)O)C(=O)NCC(=O)NC(Cc1ccc(O)cc1)C(=O)O. The lowest BCUT2D eigenvalue weighted by atomic mass is 9.97. The lowest BCUT2D eigenvalue weighted by Gasteiger charge is -2.25. The number of amides is 3. The summed E-state index contributed by atoms with van der Waals surface area (Å²) in [5, 5.41) is 34.5. The van der Waals surface area contributed by atoms with Crippen LogP contribution in [-0.2, 0) is 30.4 Å². The first-order chi connectivity index (χ1) is 15.4. The van der Waals surface area contributed by atoms with Crippen molar-refractivity contribution in [1.29, 1.82) is 0 Å². The summed E-state index contributed by atoms with van der Waals surface area (Å²) in [6.45, 7) is 2.93. The zero-order valence-electron chi connectivity index (χ0n) is 18.4. The van der Waals surface area contributed by atoms with E-state index in [4.69, 9.17) is 10.8 Å². The Kier molecular flexibility index (Phi) is 10.8. The summed E-state index contributed by atoms with van der Waals surface area (Å²) in [5.41, 5.74) is 6.10. The number of nitrogens with two attached hydrogens (primary N) is 1. The van der Waals surface area contributed by atoms with Gasteiger partial charge in [0.1, 0.15) is 17.8 Å². The Morgan fingerprint density at radius 1 is 1.00 bits per heavy atom. The third-order valence-corrected chi connectivity index (χ3v) is 4.96. The molecule has 8 N–H and O–H groups in total. The van der Waals surface area contributed by atoms with Gasteiger partial charge < -0.3 is 37.0 Å². The van der Waals surface area contributed by atoms with Crippen LogP contribution < -0.4 is 21.7 Å². The largest absolute Gasteiger partial charge is 0.508 e. The summed E-state index contributed by atoms with van der Waals surface area (Å²) < 4.78 is 0. The molecule has 0 bridgehead atoms. The molecule has 12 nitrogen and oxygen atoms in total. The van der Waals surface area contributed by atoms with Crippen molar-refractivity contribution < 1.29 is 39.3 Å². The third-order valence-electron chi connectivity index (χ3n) is 4.96. The van der Waals surface area contributed by atoms with Crippen LogP contribution >= 0.6 is 0 Å². The van der Waals surface area contributed by atoms with Crippen molar-refractivity contribution in [2.45, 2.75) is 51.2 Å². The van der Waals surface area contributed by atoms with Crippen LogP contribution in [0.25, 0.3) is 0 Å². The predicted octanol–water partition coefficient (Wildman–Crippen LogP) is -1.05. The summed E-state index contributed by atoms with van der Waals surface area (Å²) in [6.07, 6.45) is -0.157. The Balaban J connectivity index is 2.71. The lowest BCUT2D eigenvalue weighted by Crippen LogP contribution is -2.56. The number of phenolic OH excluding ortho intramolecular Hbond substituents is 1. The number of carbonyl (C=O) groups is 5. The molecule has 0 radical (unpaired) electrons. The number of rotatable bonds is 13. The number of carbonyl (C=O) groups excluding carboxylic acids is 3. The quantitative estimate of drug-likeness (QED) is 0.189. The molecule has 3 amide bonds. The van der Waals surface area contributed by atoms with Crippen molar-refractivity contribution >= 4 is 29.7 Å². The molecule has 1 rings (SSSR count). The Labute approximate surface area is 190 Å². The minimum atomic E-state index is -1.35. The second-order valence-corrected chi connectivity index (χ2v) is 7.62. The summed E-state index contributed by atoms with van der Waals surface area (Å²) in [7, 11) is 0. The molecule has 0 saturated carbocycles. The normalized spacial score (nSPS) is 14.3. The van der Waals surface area contributed by atoms with Crippen LogP contribution in [0.3, 0.4) is 0 Å². The maximum absolute atomic E-state index is 12.6. The number of hydrogen-bond donors (Lipinski definition) is 7. The van der Waals surface area contributed by atoms with Crippen LogP contribution in [0.2, 0.25) is 0 Å². The number of benzene rings is 1. The molecule has 33 heavy (non-hydrogen) atoms. The predicted molar refractivity (Wildman–Crippen MR) is 116 cm³/mol. The highest BCUT2D eigenvalue weighted by molar-refractivity contribution is 5.93. The standard InChI is InChI=1S/C21H30N4O8/c1-3-11(2)18(25-19(30)14(22)9-17(28)29)20(31)23-10-16(27)24-15(21(32)33)8-12-4-6-13(26)7-5-12/h4-7,11,14-15,18,26H,3,8-10,22H2,1-2H3,(H,23,31)(H,24,27)(H,25,30)(H,28,29)(H,32,33). The fraction of sp³-hybridized carbons (Fsp3) is 0.476. The number of carboxylic acids is 2. The molecule has 0 aliphatic rings. The molecule has 1 aromatic rings. The monoisotopic (exact) mass is 466 g/mol. The summed E-state index contributed by atoms with van der Waals surface area (Å²) in [6, 6.07) is 2.15. The molecule has 1 aromatic carbocycles. The van der Waals surface area contributed by atoms with E-state index in [-0.39, 0.29) is 18.1 Å². The van der Waals surface area contributed by atoms with Gasteiger partial charge in [-0.25, -0.2) is 4.79 Å². The van der Waals surface area contributed by atoms with E-state index in [0.29, 0.717) is 12.0 Å². The van der Waals surface area contributed by atoms with Gasteiger partial charge in [-0.1, -0.05) is 32.4 Å². The van der Waals surface area contributed by atoms with Crippen molar-refractivity contribution in [3.63, 3.8) is 0 Å². The Morgan fingerprint density at radius 2 is 1.61 bits per heavy atom. The highest BCUT2D eigenvalue weighted by Crippen LogP contribution is 2.12. The highest BCUT2D eigenvalue weighted by Gasteiger charge is 2.29. The molecule has 0 spiro atoms. The van der Waals surface area contributed by atoms with Crippen molar-refractivity contribution in [2.24, 2.45) is 11.7 Å². The molecular weight excluding hydrogens is 436 g/mol. The maximum Gasteiger partial charge on any atom is 0.326 e. The van der Waals surface area contributed by atoms with Gasteiger partial charge in [-0.15, -0.1) is 0 Å². The zero-order chi connectivity index (χ0) is 25.1. The zero-order valence-corrected chi connectivity index (χ0v) is 18.4. The molecule has 4 unspecified atom stereocenters. The number of nitrogens with one attached hydrogen (secondary N) is 3. The van der Waals surface area contributed by atoms with Crippen LogP contribution in [0.5, 0.6) is 5.75 Å². The molecule has 0 heterocycles. The van der Waals surface area contributed by atoms with Gasteiger partial charge in [-0.2, -0.15) is 0 Å². The first kappa shape index (κ1) is 27.4. The fourth-order valence-corrected chi connectivity index (χ4v) is 2.83. The third kappa shape index (κ3) is 9.56. The molecule has 0 saturated heterocycles. The van der Waals surface area contributed by atoms with E-state index >= 15 is 0 Å². The number of aliphatic carboxylic acids is 2. The van der Waals surface area contributed by atoms with Gasteiger partial charge in [-0.3, -0.25) is 19.2 Å².